The second kappa shape index (κ2) is 4.14. The topological polar surface area (TPSA) is 12.0 Å². The molecule has 1 fully saturated rings. The predicted molar refractivity (Wildman–Crippen MR) is 60.4 cm³/mol. The van der Waals surface area contributed by atoms with E-state index in [0.29, 0.717) is 5.41 Å². The van der Waals surface area contributed by atoms with Crippen molar-refractivity contribution in [2.75, 3.05) is 13.1 Å². The standard InChI is InChI=1S/C13H19N/c1-2-13(10-14-11-13)9-8-12-6-4-3-5-7-12/h3-7,14H,2,8-11H2,1H3. The third-order valence-corrected chi connectivity index (χ3v) is 3.54. The average Bonchev–Trinajstić information content (AvgIpc) is 2.19. The minimum Gasteiger partial charge on any atom is -0.316 e. The molecule has 0 aliphatic carbocycles. The second-order valence-corrected chi connectivity index (χ2v) is 4.44. The van der Waals surface area contributed by atoms with Crippen LogP contribution in [0.2, 0.25) is 0 Å². The lowest BCUT2D eigenvalue weighted by atomic mass is 9.75. The molecule has 14 heavy (non-hydrogen) atoms. The van der Waals surface area contributed by atoms with Gasteiger partial charge in [-0.15, -0.1) is 0 Å². The lowest BCUT2D eigenvalue weighted by molar-refractivity contribution is 0.146. The maximum absolute atomic E-state index is 3.39. The van der Waals surface area contributed by atoms with Crippen LogP contribution in [-0.4, -0.2) is 13.1 Å². The second-order valence-electron chi connectivity index (χ2n) is 4.44. The number of rotatable bonds is 4. The van der Waals surface area contributed by atoms with Crippen LogP contribution in [0, 0.1) is 5.41 Å². The van der Waals surface area contributed by atoms with Crippen molar-refractivity contribution in [3.05, 3.63) is 35.9 Å². The molecule has 0 atom stereocenters. The third-order valence-electron chi connectivity index (χ3n) is 3.54. The highest BCUT2D eigenvalue weighted by atomic mass is 15.0. The molecule has 0 amide bonds. The average molecular weight is 189 g/mol. The molecule has 0 radical (unpaired) electrons. The maximum atomic E-state index is 3.39. The molecule has 1 heterocycles. The van der Waals surface area contributed by atoms with Gasteiger partial charge in [0.2, 0.25) is 0 Å². The Morgan fingerprint density at radius 3 is 2.43 bits per heavy atom. The quantitative estimate of drug-likeness (QED) is 0.767. The summed E-state index contributed by atoms with van der Waals surface area (Å²) in [6.45, 7) is 4.75. The highest BCUT2D eigenvalue weighted by molar-refractivity contribution is 5.15. The number of hydrogen-bond acceptors (Lipinski definition) is 1. The van der Waals surface area contributed by atoms with Gasteiger partial charge in [-0.3, -0.25) is 0 Å². The molecule has 1 aromatic carbocycles. The molecule has 1 saturated heterocycles. The fourth-order valence-corrected chi connectivity index (χ4v) is 2.14. The summed E-state index contributed by atoms with van der Waals surface area (Å²) in [5, 5.41) is 3.39. The molecule has 0 unspecified atom stereocenters. The summed E-state index contributed by atoms with van der Waals surface area (Å²) < 4.78 is 0. The van der Waals surface area contributed by atoms with Gasteiger partial charge in [0.15, 0.2) is 0 Å². The Balaban J connectivity index is 1.88. The maximum Gasteiger partial charge on any atom is 0.00202 e. The summed E-state index contributed by atoms with van der Waals surface area (Å²) in [7, 11) is 0. The molecule has 0 saturated carbocycles. The van der Waals surface area contributed by atoms with Gasteiger partial charge >= 0.3 is 0 Å². The molecular formula is C13H19N. The number of nitrogens with one attached hydrogen (secondary N) is 1. The molecular weight excluding hydrogens is 170 g/mol. The molecule has 1 heteroatoms. The first-order chi connectivity index (χ1) is 6.85. The summed E-state index contributed by atoms with van der Waals surface area (Å²) in [4.78, 5) is 0. The van der Waals surface area contributed by atoms with E-state index in [1.807, 2.05) is 0 Å². The molecule has 1 N–H and O–H groups in total. The largest absolute Gasteiger partial charge is 0.316 e. The molecule has 2 rings (SSSR count). The van der Waals surface area contributed by atoms with E-state index in [0.717, 1.165) is 0 Å². The van der Waals surface area contributed by atoms with Gasteiger partial charge in [-0.25, -0.2) is 0 Å². The first kappa shape index (κ1) is 9.72. The zero-order valence-corrected chi connectivity index (χ0v) is 8.92. The Labute approximate surface area is 86.5 Å². The fraction of sp³-hybridized carbons (Fsp3) is 0.538. The van der Waals surface area contributed by atoms with Gasteiger partial charge in [-0.1, -0.05) is 37.3 Å². The van der Waals surface area contributed by atoms with Gasteiger partial charge in [0.05, 0.1) is 0 Å². The van der Waals surface area contributed by atoms with Crippen LogP contribution in [-0.2, 0) is 6.42 Å². The Morgan fingerprint density at radius 2 is 1.93 bits per heavy atom. The summed E-state index contributed by atoms with van der Waals surface area (Å²) in [6, 6.07) is 10.8. The molecule has 1 aliphatic heterocycles. The molecule has 0 aromatic heterocycles. The molecule has 1 aromatic rings. The van der Waals surface area contributed by atoms with E-state index in [1.165, 1.54) is 37.9 Å². The Bertz CT molecular complexity index is 269. The van der Waals surface area contributed by atoms with Crippen molar-refractivity contribution in [1.82, 2.24) is 5.32 Å². The van der Waals surface area contributed by atoms with E-state index in [1.54, 1.807) is 0 Å². The van der Waals surface area contributed by atoms with Crippen LogP contribution in [0.3, 0.4) is 0 Å². The van der Waals surface area contributed by atoms with Gasteiger partial charge in [0, 0.05) is 13.1 Å². The summed E-state index contributed by atoms with van der Waals surface area (Å²) in [5.41, 5.74) is 2.09. The molecule has 1 aliphatic rings. The first-order valence-corrected chi connectivity index (χ1v) is 5.59. The minimum absolute atomic E-state index is 0.607. The van der Waals surface area contributed by atoms with Gasteiger partial charge in [0.25, 0.3) is 0 Å². The summed E-state index contributed by atoms with van der Waals surface area (Å²) >= 11 is 0. The van der Waals surface area contributed by atoms with Crippen LogP contribution >= 0.6 is 0 Å². The fourth-order valence-electron chi connectivity index (χ4n) is 2.14. The van der Waals surface area contributed by atoms with Crippen molar-refractivity contribution in [2.45, 2.75) is 26.2 Å². The van der Waals surface area contributed by atoms with Crippen LogP contribution in [0.25, 0.3) is 0 Å². The summed E-state index contributed by atoms with van der Waals surface area (Å²) in [6.07, 6.45) is 3.88. The minimum atomic E-state index is 0.607. The van der Waals surface area contributed by atoms with Crippen LogP contribution in [0.5, 0.6) is 0 Å². The summed E-state index contributed by atoms with van der Waals surface area (Å²) in [5.74, 6) is 0. The zero-order valence-electron chi connectivity index (χ0n) is 8.92. The lowest BCUT2D eigenvalue weighted by Gasteiger charge is -2.42. The molecule has 0 bridgehead atoms. The Hall–Kier alpha value is -0.820. The van der Waals surface area contributed by atoms with Crippen molar-refractivity contribution < 1.29 is 0 Å². The third kappa shape index (κ3) is 1.98. The van der Waals surface area contributed by atoms with Crippen LogP contribution in [0.4, 0.5) is 0 Å². The van der Waals surface area contributed by atoms with Gasteiger partial charge < -0.3 is 5.32 Å². The molecule has 0 spiro atoms. The van der Waals surface area contributed by atoms with E-state index in [9.17, 15) is 0 Å². The number of aryl methyl sites for hydroxylation is 1. The smallest absolute Gasteiger partial charge is 0.00202 e. The Morgan fingerprint density at radius 1 is 1.21 bits per heavy atom. The highest BCUT2D eigenvalue weighted by Crippen LogP contribution is 2.32. The van der Waals surface area contributed by atoms with Crippen molar-refractivity contribution in [1.29, 1.82) is 0 Å². The highest BCUT2D eigenvalue weighted by Gasteiger charge is 2.34. The van der Waals surface area contributed by atoms with E-state index in [4.69, 9.17) is 0 Å². The van der Waals surface area contributed by atoms with E-state index < -0.39 is 0 Å². The van der Waals surface area contributed by atoms with Crippen LogP contribution < -0.4 is 5.32 Å². The van der Waals surface area contributed by atoms with E-state index >= 15 is 0 Å². The normalized spacial score (nSPS) is 18.9. The Kier molecular flexibility index (Phi) is 2.87. The zero-order chi connectivity index (χ0) is 9.86. The predicted octanol–water partition coefficient (Wildman–Crippen LogP) is 2.62. The first-order valence-electron chi connectivity index (χ1n) is 5.59. The van der Waals surface area contributed by atoms with Gasteiger partial charge in [-0.05, 0) is 30.2 Å². The van der Waals surface area contributed by atoms with Crippen LogP contribution in [0.1, 0.15) is 25.3 Å². The molecule has 1 nitrogen and oxygen atoms in total. The SMILES string of the molecule is CCC1(CCc2ccccc2)CNC1. The van der Waals surface area contributed by atoms with Gasteiger partial charge in [-0.2, -0.15) is 0 Å². The van der Waals surface area contributed by atoms with Crippen LogP contribution in [0.15, 0.2) is 30.3 Å². The van der Waals surface area contributed by atoms with Crippen molar-refractivity contribution >= 4 is 0 Å². The van der Waals surface area contributed by atoms with E-state index in [2.05, 4.69) is 42.6 Å². The van der Waals surface area contributed by atoms with E-state index in [-0.39, 0.29) is 0 Å². The lowest BCUT2D eigenvalue weighted by Crippen LogP contribution is -2.53. The van der Waals surface area contributed by atoms with Crippen molar-refractivity contribution in [3.63, 3.8) is 0 Å². The molecule has 76 valence electrons. The van der Waals surface area contributed by atoms with Crippen molar-refractivity contribution in [2.24, 2.45) is 5.41 Å². The van der Waals surface area contributed by atoms with Gasteiger partial charge in [0.1, 0.15) is 0 Å². The number of benzene rings is 1. The van der Waals surface area contributed by atoms with Crippen molar-refractivity contribution in [3.8, 4) is 0 Å². The monoisotopic (exact) mass is 189 g/mol. The number of hydrogen-bond donors (Lipinski definition) is 1.